The van der Waals surface area contributed by atoms with Crippen molar-refractivity contribution in [1.29, 1.82) is 0 Å². The molecule has 4 fully saturated rings. The fourth-order valence-electron chi connectivity index (χ4n) is 9.00. The molecule has 11 nitrogen and oxygen atoms in total. The number of methoxy groups -OCH3 is 1. The quantitative estimate of drug-likeness (QED) is 0.252. The van der Waals surface area contributed by atoms with Crippen molar-refractivity contribution in [2.45, 2.75) is 90.4 Å². The lowest BCUT2D eigenvalue weighted by molar-refractivity contribution is -0.213. The molecular weight excluding hydrogens is 641 g/mol. The molecule has 3 bridgehead atoms. The average molecular weight is 681 g/mol. The smallest absolute Gasteiger partial charge is 0.416 e. The predicted octanol–water partition coefficient (Wildman–Crippen LogP) is 4.67. The van der Waals surface area contributed by atoms with E-state index in [1.807, 2.05) is 6.92 Å². The summed E-state index contributed by atoms with van der Waals surface area (Å²) in [6.07, 6.45) is -7.59. The summed E-state index contributed by atoms with van der Waals surface area (Å²) in [4.78, 5) is 51.3. The van der Waals surface area contributed by atoms with Crippen molar-refractivity contribution in [1.82, 2.24) is 0 Å². The van der Waals surface area contributed by atoms with Gasteiger partial charge in [0.25, 0.3) is 0 Å². The van der Waals surface area contributed by atoms with E-state index < -0.39 is 101 Å². The highest BCUT2D eigenvalue weighted by molar-refractivity contribution is 5.83. The number of hydrogen-bond acceptors (Lipinski definition) is 11. The minimum absolute atomic E-state index is 0.164. The number of hydrogen-bond donors (Lipinski definition) is 0. The summed E-state index contributed by atoms with van der Waals surface area (Å²) in [5.74, 6) is -4.03. The third-order valence-corrected chi connectivity index (χ3v) is 11.2. The van der Waals surface area contributed by atoms with E-state index in [1.165, 1.54) is 27.2 Å². The monoisotopic (exact) mass is 680 g/mol. The molecule has 1 saturated heterocycles. The lowest BCUT2D eigenvalue weighted by Crippen LogP contribution is -2.58. The molecule has 5 aliphatic rings. The van der Waals surface area contributed by atoms with Gasteiger partial charge in [0.05, 0.1) is 23.8 Å². The van der Waals surface area contributed by atoms with Crippen molar-refractivity contribution in [3.8, 4) is 0 Å². The largest absolute Gasteiger partial charge is 0.472 e. The van der Waals surface area contributed by atoms with Crippen LogP contribution in [0.4, 0.5) is 13.2 Å². The number of esters is 4. The zero-order valence-electron chi connectivity index (χ0n) is 27.4. The van der Waals surface area contributed by atoms with Gasteiger partial charge in [-0.05, 0) is 44.4 Å². The van der Waals surface area contributed by atoms with Crippen LogP contribution in [0.15, 0.2) is 36.1 Å². The van der Waals surface area contributed by atoms with Crippen molar-refractivity contribution in [3.63, 3.8) is 0 Å². The third kappa shape index (κ3) is 5.26. The van der Waals surface area contributed by atoms with Crippen molar-refractivity contribution in [2.75, 3.05) is 13.7 Å². The van der Waals surface area contributed by atoms with E-state index in [-0.39, 0.29) is 24.5 Å². The molecule has 3 saturated carbocycles. The molecule has 2 aliphatic heterocycles. The zero-order chi connectivity index (χ0) is 34.9. The zero-order valence-corrected chi connectivity index (χ0v) is 27.4. The van der Waals surface area contributed by atoms with Gasteiger partial charge in [-0.3, -0.25) is 14.4 Å². The van der Waals surface area contributed by atoms with Gasteiger partial charge in [0.1, 0.15) is 18.3 Å². The van der Waals surface area contributed by atoms with Gasteiger partial charge in [0.2, 0.25) is 6.29 Å². The van der Waals surface area contributed by atoms with Crippen LogP contribution < -0.4 is 0 Å². The van der Waals surface area contributed by atoms with E-state index in [0.717, 1.165) is 24.3 Å². The summed E-state index contributed by atoms with van der Waals surface area (Å²) in [6, 6.07) is 4.05. The van der Waals surface area contributed by atoms with E-state index >= 15 is 0 Å². The molecule has 3 aliphatic carbocycles. The molecule has 262 valence electrons. The van der Waals surface area contributed by atoms with Crippen LogP contribution in [-0.2, 0) is 58.5 Å². The number of fused-ring (bicyclic) bond motifs is 3. The van der Waals surface area contributed by atoms with Crippen molar-refractivity contribution < 1.29 is 65.5 Å². The Bertz CT molecular complexity index is 1510. The summed E-state index contributed by atoms with van der Waals surface area (Å²) < 4.78 is 80.7. The summed E-state index contributed by atoms with van der Waals surface area (Å²) >= 11 is 0. The Morgan fingerprint density at radius 3 is 2.33 bits per heavy atom. The molecule has 0 amide bonds. The van der Waals surface area contributed by atoms with E-state index in [1.54, 1.807) is 13.8 Å². The molecule has 1 aromatic rings. The first-order valence-corrected chi connectivity index (χ1v) is 16.0. The second-order valence-corrected chi connectivity index (χ2v) is 13.8. The molecule has 2 heterocycles. The minimum atomic E-state index is -4.56. The van der Waals surface area contributed by atoms with Crippen LogP contribution in [0, 0.1) is 34.5 Å². The van der Waals surface area contributed by atoms with Crippen molar-refractivity contribution >= 4 is 23.9 Å². The maximum absolute atomic E-state index is 13.8. The molecule has 12 atom stereocenters. The molecule has 1 unspecified atom stereocenters. The number of alkyl halides is 3. The number of benzene rings is 1. The van der Waals surface area contributed by atoms with Gasteiger partial charge in [-0.2, -0.15) is 13.2 Å². The van der Waals surface area contributed by atoms with Crippen LogP contribution in [0.25, 0.3) is 0 Å². The lowest BCUT2D eigenvalue weighted by Gasteiger charge is -2.51. The van der Waals surface area contributed by atoms with Gasteiger partial charge >= 0.3 is 30.1 Å². The molecule has 0 aromatic heterocycles. The van der Waals surface area contributed by atoms with E-state index in [2.05, 4.69) is 0 Å². The number of halogens is 3. The van der Waals surface area contributed by atoms with Gasteiger partial charge in [-0.15, -0.1) is 0 Å². The number of carbonyl (C=O) groups is 4. The van der Waals surface area contributed by atoms with Crippen LogP contribution >= 0.6 is 0 Å². The summed E-state index contributed by atoms with van der Waals surface area (Å²) in [6.45, 7) is 8.15. The van der Waals surface area contributed by atoms with Crippen LogP contribution in [0.5, 0.6) is 0 Å². The number of rotatable bonds is 10. The Labute approximate surface area is 275 Å². The molecule has 1 aromatic carbocycles. The maximum atomic E-state index is 13.8. The normalized spacial score (nSPS) is 36.1. The SMILES string of the molecule is CO[C@H](C(=O)O[C@@H]1CC2[C@H](OC[C@@H](C)[C@H](C)OC(C)=O)OC=C3[C@H]4OC(=O)[C@]5(C)[C@@H](C[C@@]32[C@@H]15)[C@@H]4OC(C)=O)c1ccc(C(F)(F)F)cc1. The van der Waals surface area contributed by atoms with Gasteiger partial charge in [-0.1, -0.05) is 19.1 Å². The second kappa shape index (κ2) is 12.0. The van der Waals surface area contributed by atoms with E-state index in [9.17, 15) is 32.3 Å². The summed E-state index contributed by atoms with van der Waals surface area (Å²) in [5.41, 5.74) is -2.11. The van der Waals surface area contributed by atoms with Crippen molar-refractivity contribution in [3.05, 3.63) is 47.2 Å². The van der Waals surface area contributed by atoms with Gasteiger partial charge < -0.3 is 33.2 Å². The fraction of sp³-hybridized carbons (Fsp3) is 0.647. The maximum Gasteiger partial charge on any atom is 0.416 e. The van der Waals surface area contributed by atoms with E-state index in [4.69, 9.17) is 33.2 Å². The average Bonchev–Trinajstić information content (AvgIpc) is 3.43. The Hall–Kier alpha value is -3.65. The first-order chi connectivity index (χ1) is 22.5. The van der Waals surface area contributed by atoms with Crippen LogP contribution in [0.3, 0.4) is 0 Å². The molecular formula is C34H39F3O11. The Morgan fingerprint density at radius 1 is 1.04 bits per heavy atom. The molecule has 1 spiro atoms. The van der Waals surface area contributed by atoms with Crippen LogP contribution in [0.1, 0.15) is 64.7 Å². The van der Waals surface area contributed by atoms with Gasteiger partial charge in [-0.25, -0.2) is 4.79 Å². The molecule has 48 heavy (non-hydrogen) atoms. The minimum Gasteiger partial charge on any atom is -0.472 e. The standard InChI is InChI=1S/C34H39F3O11/c1-15(16(2)45-17(3)38)13-43-30-21-11-24(47-29(40)25(42-6)19-7-9-20(10-8-19)34(35,36)37)28-32(5)22-12-33(21,28)23(14-44-30)27(48-31(32)41)26(22)46-18(4)39/h7-10,14-16,21-22,24-28,30H,11-13H2,1-6H3/t15-,16+,21?,22+,24-,25+,26+,27-,28+,30-,32-,33+/m1/s1. The first-order valence-electron chi connectivity index (χ1n) is 16.0. The first kappa shape index (κ1) is 34.2. The third-order valence-electron chi connectivity index (χ3n) is 11.2. The fourth-order valence-corrected chi connectivity index (χ4v) is 9.00. The molecule has 0 radical (unpaired) electrons. The van der Waals surface area contributed by atoms with E-state index in [0.29, 0.717) is 12.0 Å². The van der Waals surface area contributed by atoms with Crippen molar-refractivity contribution in [2.24, 2.45) is 34.5 Å². The Balaban J connectivity index is 1.34. The second-order valence-electron chi connectivity index (χ2n) is 13.8. The molecule has 14 heteroatoms. The summed E-state index contributed by atoms with van der Waals surface area (Å²) in [5, 5.41) is 0. The van der Waals surface area contributed by atoms with Gasteiger partial charge in [0.15, 0.2) is 12.2 Å². The highest BCUT2D eigenvalue weighted by Crippen LogP contribution is 2.77. The van der Waals surface area contributed by atoms with Crippen LogP contribution in [-0.4, -0.2) is 68.3 Å². The highest BCUT2D eigenvalue weighted by Gasteiger charge is 2.83. The highest BCUT2D eigenvalue weighted by atomic mass is 19.4. The number of carbonyl (C=O) groups excluding carboxylic acids is 4. The molecule has 6 rings (SSSR count). The Kier molecular flexibility index (Phi) is 8.59. The molecule has 0 N–H and O–H groups in total. The number of ether oxygens (including phenoxy) is 7. The predicted molar refractivity (Wildman–Crippen MR) is 156 cm³/mol. The summed E-state index contributed by atoms with van der Waals surface area (Å²) in [7, 11) is 1.25. The van der Waals surface area contributed by atoms with Gasteiger partial charge in [0, 0.05) is 55.6 Å². The lowest BCUT2D eigenvalue weighted by atomic mass is 9.61. The Morgan fingerprint density at radius 2 is 1.73 bits per heavy atom. The topological polar surface area (TPSA) is 133 Å². The van der Waals surface area contributed by atoms with Crippen LogP contribution in [0.2, 0.25) is 0 Å².